The van der Waals surface area contributed by atoms with E-state index in [1.165, 1.54) is 31.8 Å². The third-order valence-electron chi connectivity index (χ3n) is 6.52. The van der Waals surface area contributed by atoms with E-state index in [4.69, 9.17) is 10.5 Å². The molecular weight excluding hydrogens is 444 g/mol. The summed E-state index contributed by atoms with van der Waals surface area (Å²) in [5.74, 6) is 0.709. The van der Waals surface area contributed by atoms with Gasteiger partial charge >= 0.3 is 5.97 Å². The van der Waals surface area contributed by atoms with E-state index in [1.807, 2.05) is 32.0 Å². The van der Waals surface area contributed by atoms with Gasteiger partial charge in [-0.1, -0.05) is 61.7 Å². The van der Waals surface area contributed by atoms with Crippen molar-refractivity contribution in [2.75, 3.05) is 5.75 Å². The van der Waals surface area contributed by atoms with Gasteiger partial charge in [-0.2, -0.15) is 0 Å². The van der Waals surface area contributed by atoms with Gasteiger partial charge in [0.05, 0.1) is 5.71 Å². The quantitative estimate of drug-likeness (QED) is 0.0431. The lowest BCUT2D eigenvalue weighted by Gasteiger charge is -2.31. The molecule has 1 rings (SSSR count). The van der Waals surface area contributed by atoms with Crippen LogP contribution in [0.15, 0.2) is 52.5 Å². The first-order valence-electron chi connectivity index (χ1n) is 12.7. The Bertz CT molecular complexity index is 736. The van der Waals surface area contributed by atoms with Crippen molar-refractivity contribution in [2.45, 2.75) is 103 Å². The lowest BCUT2D eigenvalue weighted by molar-refractivity contribution is -0.145. The maximum Gasteiger partial charge on any atom is 0.302 e. The molecule has 5 nitrogen and oxygen atoms in total. The summed E-state index contributed by atoms with van der Waals surface area (Å²) in [6.07, 6.45) is 9.14. The molecule has 1 aromatic rings. The van der Waals surface area contributed by atoms with E-state index < -0.39 is 0 Å². The number of carbonyl (C=O) groups excluding carboxylic acids is 1. The second-order valence-electron chi connectivity index (χ2n) is 9.36. The van der Waals surface area contributed by atoms with Crippen LogP contribution in [0.4, 0.5) is 0 Å². The summed E-state index contributed by atoms with van der Waals surface area (Å²) >= 11 is 1.69. The molecule has 0 aliphatic carbocycles. The zero-order valence-corrected chi connectivity index (χ0v) is 22.5. The minimum atomic E-state index is -0.266. The van der Waals surface area contributed by atoms with Gasteiger partial charge in [0.2, 0.25) is 0 Å². The molecule has 0 saturated carbocycles. The Kier molecular flexibility index (Phi) is 15.7. The fourth-order valence-corrected chi connectivity index (χ4v) is 5.37. The summed E-state index contributed by atoms with van der Waals surface area (Å²) < 4.78 is 5.63. The first-order chi connectivity index (χ1) is 16.3. The predicted octanol–water partition coefficient (Wildman–Crippen LogP) is 7.23. The molecule has 0 aromatic heterocycles. The van der Waals surface area contributed by atoms with Crippen molar-refractivity contribution in [1.29, 1.82) is 0 Å². The zero-order chi connectivity index (χ0) is 25.3. The highest BCUT2D eigenvalue weighted by atomic mass is 32.2. The van der Waals surface area contributed by atoms with Crippen LogP contribution >= 0.6 is 11.8 Å². The molecule has 192 valence electrons. The smallest absolute Gasteiger partial charge is 0.302 e. The van der Waals surface area contributed by atoms with Crippen LogP contribution in [0.2, 0.25) is 0 Å². The molecule has 6 heteroatoms. The van der Waals surface area contributed by atoms with Crippen molar-refractivity contribution in [3.05, 3.63) is 42.5 Å². The molecule has 0 aliphatic heterocycles. The van der Waals surface area contributed by atoms with Crippen molar-refractivity contribution in [3.8, 4) is 0 Å². The van der Waals surface area contributed by atoms with Gasteiger partial charge in [-0.25, -0.2) is 0 Å². The van der Waals surface area contributed by atoms with Gasteiger partial charge in [0.25, 0.3) is 0 Å². The van der Waals surface area contributed by atoms with E-state index in [-0.39, 0.29) is 30.0 Å². The Morgan fingerprint density at radius 2 is 1.79 bits per heavy atom. The Labute approximate surface area is 211 Å². The molecule has 0 aliphatic rings. The summed E-state index contributed by atoms with van der Waals surface area (Å²) in [5.41, 5.74) is 8.45. The third-order valence-corrected chi connectivity index (χ3v) is 7.66. The van der Waals surface area contributed by atoms with Gasteiger partial charge in [0.1, 0.15) is 6.10 Å². The maximum absolute atomic E-state index is 11.7. The number of nitrogens with two attached hydrogens (primary N) is 1. The van der Waals surface area contributed by atoms with Crippen molar-refractivity contribution in [3.63, 3.8) is 0 Å². The van der Waals surface area contributed by atoms with Crippen LogP contribution in [0, 0.1) is 11.8 Å². The number of oxime groups is 1. The standard InChI is InChI=1S/C28H46N2O3S/c1-6-21(2)14-10-7-8-13-17-27(22(3)29)28(23(4)30-32)19-18-25(33-24(5)31)20-34-26-15-11-9-12-16-26/h9,11-12,15-16,22,25,27-28,32H,2,6-8,10,13-14,17-20,29H2,1,3-5H3/b30-23-/t22-,25?,27-,28?/m0/s1. The van der Waals surface area contributed by atoms with E-state index in [0.717, 1.165) is 37.0 Å². The van der Waals surface area contributed by atoms with E-state index in [9.17, 15) is 10.0 Å². The van der Waals surface area contributed by atoms with E-state index in [2.05, 4.69) is 30.8 Å². The highest BCUT2D eigenvalue weighted by molar-refractivity contribution is 7.99. The number of thioether (sulfide) groups is 1. The molecule has 0 heterocycles. The SMILES string of the molecule is C=C(CC)CCCCCC[C@H](C(CCC(CSc1ccccc1)OC(C)=O)/C(C)=N\O)[C@H](C)N. The van der Waals surface area contributed by atoms with Gasteiger partial charge in [-0.05, 0) is 70.4 Å². The van der Waals surface area contributed by atoms with E-state index in [1.54, 1.807) is 11.8 Å². The molecule has 0 spiro atoms. The number of unbranched alkanes of at least 4 members (excludes halogenated alkanes) is 3. The number of ether oxygens (including phenoxy) is 1. The van der Waals surface area contributed by atoms with E-state index >= 15 is 0 Å². The maximum atomic E-state index is 11.7. The van der Waals surface area contributed by atoms with Gasteiger partial charge < -0.3 is 15.7 Å². The normalized spacial score (nSPS) is 15.4. The molecule has 0 saturated heterocycles. The average Bonchev–Trinajstić information content (AvgIpc) is 2.82. The molecule has 1 aromatic carbocycles. The van der Waals surface area contributed by atoms with Gasteiger partial charge in [0, 0.05) is 29.5 Å². The lowest BCUT2D eigenvalue weighted by atomic mass is 9.77. The monoisotopic (exact) mass is 490 g/mol. The van der Waals surface area contributed by atoms with Gasteiger partial charge in [0.15, 0.2) is 0 Å². The molecule has 34 heavy (non-hydrogen) atoms. The second kappa shape index (κ2) is 17.6. The molecule has 0 fully saturated rings. The largest absolute Gasteiger partial charge is 0.462 e. The number of allylic oxidation sites excluding steroid dienone is 1. The number of rotatable bonds is 18. The fraction of sp³-hybridized carbons (Fsp3) is 0.643. The number of hydrogen-bond acceptors (Lipinski definition) is 6. The second-order valence-corrected chi connectivity index (χ2v) is 10.5. The van der Waals surface area contributed by atoms with E-state index in [0.29, 0.717) is 17.9 Å². The van der Waals surface area contributed by atoms with Crippen LogP contribution < -0.4 is 5.73 Å². The summed E-state index contributed by atoms with van der Waals surface area (Å²) in [6.45, 7) is 11.6. The minimum absolute atomic E-state index is 0.00700. The van der Waals surface area contributed by atoms with Gasteiger partial charge in [-0.3, -0.25) is 4.79 Å². The Morgan fingerprint density at radius 3 is 2.38 bits per heavy atom. The molecule has 4 atom stereocenters. The molecule has 3 N–H and O–H groups in total. The zero-order valence-electron chi connectivity index (χ0n) is 21.7. The van der Waals surface area contributed by atoms with Crippen LogP contribution in [0.5, 0.6) is 0 Å². The van der Waals surface area contributed by atoms with Crippen LogP contribution in [0.3, 0.4) is 0 Å². The Hall–Kier alpha value is -1.79. The summed E-state index contributed by atoms with van der Waals surface area (Å²) in [6, 6.07) is 10.1. The van der Waals surface area contributed by atoms with Crippen molar-refractivity contribution in [2.24, 2.45) is 22.7 Å². The highest BCUT2D eigenvalue weighted by Crippen LogP contribution is 2.30. The Morgan fingerprint density at radius 1 is 1.12 bits per heavy atom. The predicted molar refractivity (Wildman–Crippen MR) is 145 cm³/mol. The average molecular weight is 491 g/mol. The Balaban J connectivity index is 2.70. The lowest BCUT2D eigenvalue weighted by Crippen LogP contribution is -2.36. The number of benzene rings is 1. The van der Waals surface area contributed by atoms with Crippen LogP contribution in [0.25, 0.3) is 0 Å². The minimum Gasteiger partial charge on any atom is -0.462 e. The molecule has 0 amide bonds. The first-order valence-corrected chi connectivity index (χ1v) is 13.7. The van der Waals surface area contributed by atoms with Crippen molar-refractivity contribution < 1.29 is 14.7 Å². The molecular formula is C28H46N2O3S. The van der Waals surface area contributed by atoms with Crippen molar-refractivity contribution >= 4 is 23.4 Å². The molecule has 0 bridgehead atoms. The molecule has 2 unspecified atom stereocenters. The molecule has 0 radical (unpaired) electrons. The topological polar surface area (TPSA) is 84.9 Å². The summed E-state index contributed by atoms with van der Waals surface area (Å²) in [5, 5.41) is 13.1. The van der Waals surface area contributed by atoms with Crippen LogP contribution in [-0.2, 0) is 9.53 Å². The number of hydrogen-bond donors (Lipinski definition) is 2. The van der Waals surface area contributed by atoms with Gasteiger partial charge in [-0.15, -0.1) is 11.8 Å². The number of esters is 1. The third kappa shape index (κ3) is 12.6. The summed E-state index contributed by atoms with van der Waals surface area (Å²) in [4.78, 5) is 12.9. The fourth-order valence-electron chi connectivity index (χ4n) is 4.41. The number of nitrogens with zero attached hydrogens (tertiary/aromatic N) is 1. The van der Waals surface area contributed by atoms with Crippen LogP contribution in [0.1, 0.15) is 85.5 Å². The highest BCUT2D eigenvalue weighted by Gasteiger charge is 2.28. The first kappa shape index (κ1) is 30.2. The number of carbonyl (C=O) groups is 1. The van der Waals surface area contributed by atoms with Crippen LogP contribution in [-0.4, -0.2) is 34.8 Å². The summed E-state index contributed by atoms with van der Waals surface area (Å²) in [7, 11) is 0. The van der Waals surface area contributed by atoms with Crippen molar-refractivity contribution in [1.82, 2.24) is 0 Å².